The van der Waals surface area contributed by atoms with Crippen LogP contribution in [0.2, 0.25) is 0 Å². The van der Waals surface area contributed by atoms with Gasteiger partial charge in [-0.2, -0.15) is 0 Å². The number of nitrogens with one attached hydrogen (secondary N) is 1. The summed E-state index contributed by atoms with van der Waals surface area (Å²) in [6.45, 7) is 0. The molecule has 0 bridgehead atoms. The van der Waals surface area contributed by atoms with E-state index in [2.05, 4.69) is 5.32 Å². The second kappa shape index (κ2) is 6.24. The summed E-state index contributed by atoms with van der Waals surface area (Å²) >= 11 is 0. The zero-order valence-electron chi connectivity index (χ0n) is 12.7. The molecule has 3 rings (SSSR count). The van der Waals surface area contributed by atoms with E-state index in [4.69, 9.17) is 10.5 Å². The van der Waals surface area contributed by atoms with Crippen molar-refractivity contribution >= 4 is 11.6 Å². The largest absolute Gasteiger partial charge is 0.487 e. The molecule has 120 valence electrons. The van der Waals surface area contributed by atoms with Crippen molar-refractivity contribution in [3.8, 4) is 5.75 Å². The van der Waals surface area contributed by atoms with Gasteiger partial charge in [-0.25, -0.2) is 4.39 Å². The van der Waals surface area contributed by atoms with Gasteiger partial charge in [-0.3, -0.25) is 4.79 Å². The summed E-state index contributed by atoms with van der Waals surface area (Å²) in [5.41, 5.74) is 5.72. The van der Waals surface area contributed by atoms with Crippen molar-refractivity contribution < 1.29 is 13.9 Å². The summed E-state index contributed by atoms with van der Waals surface area (Å²) in [5.74, 6) is -0.413. The number of anilines is 1. The van der Waals surface area contributed by atoms with Gasteiger partial charge in [0, 0.05) is 11.8 Å². The van der Waals surface area contributed by atoms with E-state index in [1.54, 1.807) is 12.1 Å². The van der Waals surface area contributed by atoms with Crippen molar-refractivity contribution in [2.45, 2.75) is 63.0 Å². The number of nitrogens with two attached hydrogens (primary N) is 1. The lowest BCUT2D eigenvalue weighted by Gasteiger charge is -2.22. The lowest BCUT2D eigenvalue weighted by molar-refractivity contribution is -0.121. The molecule has 3 N–H and O–H groups in total. The SMILES string of the molecule is NC1(C(=O)Nc2ccc(OC3CCCC3)c(F)c2)CCCC1. The van der Waals surface area contributed by atoms with Crippen LogP contribution in [0.4, 0.5) is 10.1 Å². The number of carbonyl (C=O) groups is 1. The molecule has 22 heavy (non-hydrogen) atoms. The van der Waals surface area contributed by atoms with Gasteiger partial charge < -0.3 is 15.8 Å². The standard InChI is InChI=1S/C17H23FN2O2/c18-14-11-12(20-16(21)17(19)9-3-4-10-17)7-8-15(14)22-13-5-1-2-6-13/h7-8,11,13H,1-6,9-10,19H2,(H,20,21). The molecular weight excluding hydrogens is 283 g/mol. The predicted octanol–water partition coefficient (Wildman–Crippen LogP) is 3.36. The number of rotatable bonds is 4. The first-order chi connectivity index (χ1) is 10.6. The molecule has 2 aliphatic rings. The quantitative estimate of drug-likeness (QED) is 0.896. The summed E-state index contributed by atoms with van der Waals surface area (Å²) in [6, 6.07) is 4.56. The van der Waals surface area contributed by atoms with E-state index in [1.165, 1.54) is 6.07 Å². The van der Waals surface area contributed by atoms with Crippen LogP contribution in [-0.4, -0.2) is 17.6 Å². The number of carbonyl (C=O) groups excluding carboxylic acids is 1. The first-order valence-electron chi connectivity index (χ1n) is 8.13. The third-order valence-electron chi connectivity index (χ3n) is 4.73. The average molecular weight is 306 g/mol. The highest BCUT2D eigenvalue weighted by atomic mass is 19.1. The number of benzene rings is 1. The number of ether oxygens (including phenoxy) is 1. The number of hydrogen-bond acceptors (Lipinski definition) is 3. The molecule has 1 aromatic carbocycles. The maximum Gasteiger partial charge on any atom is 0.244 e. The van der Waals surface area contributed by atoms with Crippen LogP contribution in [0.25, 0.3) is 0 Å². The number of halogens is 1. The Bertz CT molecular complexity index is 550. The van der Waals surface area contributed by atoms with Gasteiger partial charge in [0.25, 0.3) is 0 Å². The molecule has 4 nitrogen and oxygen atoms in total. The molecule has 0 spiro atoms. The van der Waals surface area contributed by atoms with Gasteiger partial charge in [-0.1, -0.05) is 12.8 Å². The van der Waals surface area contributed by atoms with Crippen molar-refractivity contribution in [3.05, 3.63) is 24.0 Å². The fourth-order valence-corrected chi connectivity index (χ4v) is 3.35. The minimum absolute atomic E-state index is 0.112. The first-order valence-corrected chi connectivity index (χ1v) is 8.13. The van der Waals surface area contributed by atoms with E-state index in [9.17, 15) is 9.18 Å². The lowest BCUT2D eigenvalue weighted by Crippen LogP contribution is -2.48. The van der Waals surface area contributed by atoms with Crippen LogP contribution in [0, 0.1) is 5.82 Å². The fourth-order valence-electron chi connectivity index (χ4n) is 3.35. The predicted molar refractivity (Wildman–Crippen MR) is 83.3 cm³/mol. The topological polar surface area (TPSA) is 64.4 Å². The molecule has 2 saturated carbocycles. The molecule has 2 aliphatic carbocycles. The van der Waals surface area contributed by atoms with Crippen molar-refractivity contribution in [1.82, 2.24) is 0 Å². The third kappa shape index (κ3) is 3.24. The number of hydrogen-bond donors (Lipinski definition) is 2. The second-order valence-electron chi connectivity index (χ2n) is 6.49. The molecule has 0 unspecified atom stereocenters. The first kappa shape index (κ1) is 15.3. The Morgan fingerprint density at radius 1 is 1.23 bits per heavy atom. The van der Waals surface area contributed by atoms with Gasteiger partial charge in [0.05, 0.1) is 11.6 Å². The Hall–Kier alpha value is -1.62. The monoisotopic (exact) mass is 306 g/mol. The molecule has 0 saturated heterocycles. The van der Waals surface area contributed by atoms with E-state index in [1.807, 2.05) is 0 Å². The van der Waals surface area contributed by atoms with Gasteiger partial charge in [0.15, 0.2) is 11.6 Å². The Morgan fingerprint density at radius 2 is 1.91 bits per heavy atom. The van der Waals surface area contributed by atoms with Gasteiger partial charge in [0.2, 0.25) is 5.91 Å². The Labute approximate surface area is 130 Å². The van der Waals surface area contributed by atoms with Crippen molar-refractivity contribution in [2.75, 3.05) is 5.32 Å². The number of amides is 1. The van der Waals surface area contributed by atoms with E-state index in [0.717, 1.165) is 38.5 Å². The molecular formula is C17H23FN2O2. The van der Waals surface area contributed by atoms with Gasteiger partial charge in [-0.05, 0) is 50.7 Å². The Morgan fingerprint density at radius 3 is 2.55 bits per heavy atom. The summed E-state index contributed by atoms with van der Waals surface area (Å²) in [5, 5.41) is 2.73. The third-order valence-corrected chi connectivity index (χ3v) is 4.73. The van der Waals surface area contributed by atoms with Gasteiger partial charge >= 0.3 is 0 Å². The average Bonchev–Trinajstić information content (AvgIpc) is 3.14. The molecule has 0 atom stereocenters. The smallest absolute Gasteiger partial charge is 0.244 e. The van der Waals surface area contributed by atoms with E-state index in [-0.39, 0.29) is 17.8 Å². The molecule has 0 radical (unpaired) electrons. The Kier molecular flexibility index (Phi) is 4.34. The molecule has 5 heteroatoms. The molecule has 1 aromatic rings. The van der Waals surface area contributed by atoms with Crippen LogP contribution in [0.1, 0.15) is 51.4 Å². The van der Waals surface area contributed by atoms with Crippen molar-refractivity contribution in [2.24, 2.45) is 5.73 Å². The van der Waals surface area contributed by atoms with Crippen LogP contribution >= 0.6 is 0 Å². The van der Waals surface area contributed by atoms with Crippen LogP contribution < -0.4 is 15.8 Å². The van der Waals surface area contributed by atoms with Crippen molar-refractivity contribution in [3.63, 3.8) is 0 Å². The molecule has 0 aliphatic heterocycles. The highest BCUT2D eigenvalue weighted by Crippen LogP contribution is 2.30. The molecule has 0 heterocycles. The highest BCUT2D eigenvalue weighted by molar-refractivity contribution is 5.98. The fraction of sp³-hybridized carbons (Fsp3) is 0.588. The maximum atomic E-state index is 14.1. The van der Waals surface area contributed by atoms with E-state index < -0.39 is 11.4 Å². The highest BCUT2D eigenvalue weighted by Gasteiger charge is 2.37. The zero-order chi connectivity index (χ0) is 15.6. The van der Waals surface area contributed by atoms with Gasteiger partial charge in [0.1, 0.15) is 0 Å². The minimum Gasteiger partial charge on any atom is -0.487 e. The summed E-state index contributed by atoms with van der Waals surface area (Å²) < 4.78 is 19.8. The van der Waals surface area contributed by atoms with E-state index in [0.29, 0.717) is 18.5 Å². The van der Waals surface area contributed by atoms with E-state index >= 15 is 0 Å². The summed E-state index contributed by atoms with van der Waals surface area (Å²) in [4.78, 5) is 12.2. The Balaban J connectivity index is 1.65. The molecule has 0 aromatic heterocycles. The summed E-state index contributed by atoms with van der Waals surface area (Å²) in [7, 11) is 0. The second-order valence-corrected chi connectivity index (χ2v) is 6.49. The van der Waals surface area contributed by atoms with Crippen LogP contribution in [0.3, 0.4) is 0 Å². The van der Waals surface area contributed by atoms with Crippen LogP contribution in [0.5, 0.6) is 5.75 Å². The maximum absolute atomic E-state index is 14.1. The minimum atomic E-state index is -0.810. The zero-order valence-corrected chi connectivity index (χ0v) is 12.7. The molecule has 2 fully saturated rings. The van der Waals surface area contributed by atoms with Crippen LogP contribution in [-0.2, 0) is 4.79 Å². The van der Waals surface area contributed by atoms with Crippen LogP contribution in [0.15, 0.2) is 18.2 Å². The summed E-state index contributed by atoms with van der Waals surface area (Å²) in [6.07, 6.45) is 7.65. The normalized spacial score (nSPS) is 21.0. The molecule has 1 amide bonds. The lowest BCUT2D eigenvalue weighted by atomic mass is 9.98. The van der Waals surface area contributed by atoms with Gasteiger partial charge in [-0.15, -0.1) is 0 Å². The van der Waals surface area contributed by atoms with Crippen molar-refractivity contribution in [1.29, 1.82) is 0 Å².